The predicted molar refractivity (Wildman–Crippen MR) is 21.3 cm³/mol. The van der Waals surface area contributed by atoms with Crippen molar-refractivity contribution in [3.63, 3.8) is 0 Å². The first-order valence-electron chi connectivity index (χ1n) is 2.15. The van der Waals surface area contributed by atoms with E-state index in [1.54, 1.807) is 6.54 Å². The molecule has 1 aliphatic heterocycles. The van der Waals surface area contributed by atoms with Gasteiger partial charge in [-0.1, -0.05) is 0 Å². The molecule has 1 rings (SSSR count). The van der Waals surface area contributed by atoms with Crippen molar-refractivity contribution >= 4 is 0 Å². The van der Waals surface area contributed by atoms with Crippen LogP contribution in [-0.4, -0.2) is 11.7 Å². The standard InChI is InChI=1S/C4H7FN/c5-6-3-1-2-4-6/h3H,1-2,4H2. The molecule has 0 aliphatic carbocycles. The third-order valence-electron chi connectivity index (χ3n) is 0.903. The maximum absolute atomic E-state index is 11.7. The van der Waals surface area contributed by atoms with Crippen molar-refractivity contribution in [1.29, 1.82) is 0 Å². The monoisotopic (exact) mass is 88.1 g/mol. The van der Waals surface area contributed by atoms with Gasteiger partial charge < -0.3 is 0 Å². The van der Waals surface area contributed by atoms with Crippen LogP contribution in [-0.2, 0) is 0 Å². The smallest absolute Gasteiger partial charge is 0.0584 e. The molecule has 1 aliphatic rings. The van der Waals surface area contributed by atoms with Crippen molar-refractivity contribution in [2.24, 2.45) is 0 Å². The quantitative estimate of drug-likeness (QED) is 0.401. The number of hydrogen-bond donors (Lipinski definition) is 0. The topological polar surface area (TPSA) is 3.24 Å². The van der Waals surface area contributed by atoms with E-state index in [0.29, 0.717) is 6.54 Å². The van der Waals surface area contributed by atoms with Gasteiger partial charge in [-0.25, -0.2) is 0 Å². The molecule has 1 radical (unpaired) electrons. The van der Waals surface area contributed by atoms with E-state index in [9.17, 15) is 4.48 Å². The van der Waals surface area contributed by atoms with Crippen LogP contribution in [0.4, 0.5) is 4.48 Å². The Labute approximate surface area is 36.7 Å². The van der Waals surface area contributed by atoms with E-state index in [2.05, 4.69) is 0 Å². The molecule has 6 heavy (non-hydrogen) atoms. The highest BCUT2D eigenvalue weighted by molar-refractivity contribution is 4.68. The van der Waals surface area contributed by atoms with Crippen LogP contribution in [0.15, 0.2) is 0 Å². The van der Waals surface area contributed by atoms with Gasteiger partial charge in [0.1, 0.15) is 0 Å². The molecule has 1 nitrogen and oxygen atoms in total. The van der Waals surface area contributed by atoms with E-state index >= 15 is 0 Å². The van der Waals surface area contributed by atoms with Crippen LogP contribution >= 0.6 is 0 Å². The number of rotatable bonds is 0. The Kier molecular flexibility index (Phi) is 1.05. The zero-order valence-corrected chi connectivity index (χ0v) is 3.52. The highest BCUT2D eigenvalue weighted by atomic mass is 19.2. The summed E-state index contributed by atoms with van der Waals surface area (Å²) in [5.74, 6) is 0. The number of hydrogen-bond acceptors (Lipinski definition) is 1. The Bertz CT molecular complexity index is 40.8. The molecule has 0 atom stereocenters. The summed E-state index contributed by atoms with van der Waals surface area (Å²) in [6, 6.07) is 0. The summed E-state index contributed by atoms with van der Waals surface area (Å²) in [4.78, 5) is 0. The lowest BCUT2D eigenvalue weighted by Crippen LogP contribution is -1.99. The molecule has 1 saturated heterocycles. The number of halogens is 1. The Morgan fingerprint density at radius 2 is 2.50 bits per heavy atom. The SMILES string of the molecule is FN1[CH]CCC1. The first-order chi connectivity index (χ1) is 2.89. The molecular formula is C4H7FN. The predicted octanol–water partition coefficient (Wildman–Crippen LogP) is 1.13. The molecule has 1 heterocycles. The minimum atomic E-state index is 0.597. The Hall–Kier alpha value is -0.110. The first kappa shape index (κ1) is 4.06. The molecule has 0 N–H and O–H groups in total. The summed E-state index contributed by atoms with van der Waals surface area (Å²) in [5.41, 5.74) is 0. The van der Waals surface area contributed by atoms with Crippen LogP contribution in [0, 0.1) is 6.54 Å². The summed E-state index contributed by atoms with van der Waals surface area (Å²) < 4.78 is 11.7. The van der Waals surface area contributed by atoms with Gasteiger partial charge in [0.05, 0.1) is 6.54 Å². The van der Waals surface area contributed by atoms with Crippen molar-refractivity contribution in [1.82, 2.24) is 5.12 Å². The van der Waals surface area contributed by atoms with Gasteiger partial charge in [-0.2, -0.15) is 0 Å². The third kappa shape index (κ3) is 0.684. The lowest BCUT2D eigenvalue weighted by Gasteiger charge is -1.93. The van der Waals surface area contributed by atoms with Crippen LogP contribution in [0.25, 0.3) is 0 Å². The van der Waals surface area contributed by atoms with Gasteiger partial charge in [0.15, 0.2) is 0 Å². The minimum absolute atomic E-state index is 0.597. The Balaban J connectivity index is 2.18. The summed E-state index contributed by atoms with van der Waals surface area (Å²) in [7, 11) is 0. The molecule has 0 spiro atoms. The summed E-state index contributed by atoms with van der Waals surface area (Å²) in [6.07, 6.45) is 1.90. The zero-order valence-electron chi connectivity index (χ0n) is 3.52. The molecule has 0 amide bonds. The lowest BCUT2D eigenvalue weighted by molar-refractivity contribution is 0.0880. The van der Waals surface area contributed by atoms with Crippen LogP contribution in [0.3, 0.4) is 0 Å². The van der Waals surface area contributed by atoms with Gasteiger partial charge in [0.25, 0.3) is 0 Å². The molecule has 35 valence electrons. The normalized spacial score (nSPS) is 25.5. The van der Waals surface area contributed by atoms with Crippen molar-refractivity contribution in [3.8, 4) is 0 Å². The van der Waals surface area contributed by atoms with Gasteiger partial charge in [0, 0.05) is 6.54 Å². The van der Waals surface area contributed by atoms with Crippen LogP contribution in [0.5, 0.6) is 0 Å². The summed E-state index contributed by atoms with van der Waals surface area (Å²) >= 11 is 0. The molecule has 0 bridgehead atoms. The van der Waals surface area contributed by atoms with Gasteiger partial charge in [-0.15, -0.1) is 9.60 Å². The van der Waals surface area contributed by atoms with Crippen molar-refractivity contribution in [3.05, 3.63) is 6.54 Å². The first-order valence-corrected chi connectivity index (χ1v) is 2.15. The van der Waals surface area contributed by atoms with E-state index < -0.39 is 0 Å². The van der Waals surface area contributed by atoms with Crippen molar-refractivity contribution in [2.45, 2.75) is 12.8 Å². The Morgan fingerprint density at radius 3 is 2.67 bits per heavy atom. The fourth-order valence-corrected chi connectivity index (χ4v) is 0.565. The summed E-state index contributed by atoms with van der Waals surface area (Å²) in [5, 5.41) is 0.736. The maximum Gasteiger partial charge on any atom is 0.0584 e. The van der Waals surface area contributed by atoms with E-state index in [-0.39, 0.29) is 0 Å². The average molecular weight is 88.1 g/mol. The molecular weight excluding hydrogens is 81.0 g/mol. The van der Waals surface area contributed by atoms with E-state index in [1.807, 2.05) is 0 Å². The van der Waals surface area contributed by atoms with Gasteiger partial charge in [0.2, 0.25) is 0 Å². The van der Waals surface area contributed by atoms with Crippen LogP contribution in [0.2, 0.25) is 0 Å². The molecule has 0 aromatic carbocycles. The molecule has 0 unspecified atom stereocenters. The molecule has 2 heteroatoms. The lowest BCUT2D eigenvalue weighted by atomic mass is 10.4. The molecule has 1 fully saturated rings. The van der Waals surface area contributed by atoms with E-state index in [4.69, 9.17) is 0 Å². The fraction of sp³-hybridized carbons (Fsp3) is 0.750. The highest BCUT2D eigenvalue weighted by Crippen LogP contribution is 2.10. The second kappa shape index (κ2) is 1.56. The highest BCUT2D eigenvalue weighted by Gasteiger charge is 2.08. The maximum atomic E-state index is 11.7. The molecule has 0 aromatic rings. The Morgan fingerprint density at radius 1 is 1.67 bits per heavy atom. The molecule has 0 saturated carbocycles. The second-order valence-corrected chi connectivity index (χ2v) is 1.45. The van der Waals surface area contributed by atoms with Crippen molar-refractivity contribution in [2.75, 3.05) is 6.54 Å². The van der Waals surface area contributed by atoms with Crippen LogP contribution < -0.4 is 0 Å². The molecule has 0 aromatic heterocycles. The minimum Gasteiger partial charge on any atom is -0.142 e. The van der Waals surface area contributed by atoms with Crippen LogP contribution in [0.1, 0.15) is 12.8 Å². The second-order valence-electron chi connectivity index (χ2n) is 1.45. The van der Waals surface area contributed by atoms with Gasteiger partial charge in [-0.3, -0.25) is 0 Å². The average Bonchev–Trinajstić information content (AvgIpc) is 1.86. The fourth-order valence-electron chi connectivity index (χ4n) is 0.565. The van der Waals surface area contributed by atoms with E-state index in [1.165, 1.54) is 0 Å². The van der Waals surface area contributed by atoms with Gasteiger partial charge in [-0.05, 0) is 12.8 Å². The summed E-state index contributed by atoms with van der Waals surface area (Å²) in [6.45, 7) is 2.17. The van der Waals surface area contributed by atoms with Crippen molar-refractivity contribution < 1.29 is 4.48 Å². The largest absolute Gasteiger partial charge is 0.142 e. The van der Waals surface area contributed by atoms with Gasteiger partial charge >= 0.3 is 0 Å². The third-order valence-corrected chi connectivity index (χ3v) is 0.903. The van der Waals surface area contributed by atoms with E-state index in [0.717, 1.165) is 18.0 Å². The zero-order chi connectivity index (χ0) is 4.41. The number of nitrogens with zero attached hydrogens (tertiary/aromatic N) is 1.